The van der Waals surface area contributed by atoms with Gasteiger partial charge < -0.3 is 9.47 Å². The lowest BCUT2D eigenvalue weighted by molar-refractivity contribution is -0.0203. The average Bonchev–Trinajstić information content (AvgIpc) is 3.19. The van der Waals surface area contributed by atoms with Crippen LogP contribution < -0.4 is 9.47 Å². The third-order valence-electron chi connectivity index (χ3n) is 5.28. The van der Waals surface area contributed by atoms with Crippen molar-refractivity contribution in [1.29, 1.82) is 0 Å². The normalized spacial score (nSPS) is 20.1. The van der Waals surface area contributed by atoms with Gasteiger partial charge in [0.1, 0.15) is 17.3 Å². The molecule has 2 heterocycles. The van der Waals surface area contributed by atoms with E-state index in [1.165, 1.54) is 12.1 Å². The first kappa shape index (κ1) is 16.8. The zero-order valence-corrected chi connectivity index (χ0v) is 15.4. The van der Waals surface area contributed by atoms with E-state index in [2.05, 4.69) is 6.07 Å². The van der Waals surface area contributed by atoms with Crippen LogP contribution in [-0.4, -0.2) is 17.8 Å². The molecule has 0 radical (unpaired) electrons. The highest BCUT2D eigenvalue weighted by Crippen LogP contribution is 2.48. The molecule has 2 aliphatic heterocycles. The molecule has 0 bridgehead atoms. The Morgan fingerprint density at radius 2 is 1.68 bits per heavy atom. The third-order valence-corrected chi connectivity index (χ3v) is 5.28. The van der Waals surface area contributed by atoms with Gasteiger partial charge in [0.05, 0.1) is 24.4 Å². The van der Waals surface area contributed by atoms with Crippen molar-refractivity contribution in [2.75, 3.05) is 7.11 Å². The van der Waals surface area contributed by atoms with E-state index >= 15 is 0 Å². The number of halogens is 1. The van der Waals surface area contributed by atoms with Crippen LogP contribution in [0, 0.1) is 5.82 Å². The Hall–Kier alpha value is -3.34. The van der Waals surface area contributed by atoms with Crippen molar-refractivity contribution in [2.45, 2.75) is 18.7 Å². The zero-order valence-electron chi connectivity index (χ0n) is 15.4. The molecule has 0 N–H and O–H groups in total. The number of hydrogen-bond donors (Lipinski definition) is 0. The molecule has 3 aromatic rings. The van der Waals surface area contributed by atoms with E-state index in [4.69, 9.17) is 14.6 Å². The van der Waals surface area contributed by atoms with E-state index < -0.39 is 6.23 Å². The van der Waals surface area contributed by atoms with Gasteiger partial charge in [0.15, 0.2) is 0 Å². The van der Waals surface area contributed by atoms with Crippen molar-refractivity contribution < 1.29 is 13.9 Å². The maximum Gasteiger partial charge on any atom is 0.217 e. The van der Waals surface area contributed by atoms with Crippen LogP contribution in [0.2, 0.25) is 0 Å². The molecule has 3 aromatic carbocycles. The van der Waals surface area contributed by atoms with Crippen molar-refractivity contribution in [3.05, 3.63) is 95.3 Å². The second-order valence-corrected chi connectivity index (χ2v) is 6.90. The number of methoxy groups -OCH3 is 1. The van der Waals surface area contributed by atoms with Crippen molar-refractivity contribution >= 4 is 5.71 Å². The maximum absolute atomic E-state index is 13.3. The molecule has 5 heteroatoms. The van der Waals surface area contributed by atoms with Crippen LogP contribution in [0.3, 0.4) is 0 Å². The van der Waals surface area contributed by atoms with Crippen LogP contribution >= 0.6 is 0 Å². The molecule has 5 rings (SSSR count). The van der Waals surface area contributed by atoms with Crippen LogP contribution in [0.25, 0.3) is 0 Å². The molecule has 0 amide bonds. The lowest BCUT2D eigenvalue weighted by Crippen LogP contribution is -2.33. The fraction of sp³-hybridized carbons (Fsp3) is 0.174. The molecule has 0 fully saturated rings. The van der Waals surface area contributed by atoms with Crippen LogP contribution in [0.4, 0.5) is 4.39 Å². The summed E-state index contributed by atoms with van der Waals surface area (Å²) in [5.74, 6) is 1.37. The number of benzene rings is 3. The van der Waals surface area contributed by atoms with Crippen LogP contribution in [0.15, 0.2) is 77.9 Å². The number of hydrazone groups is 1. The molecule has 2 atom stereocenters. The van der Waals surface area contributed by atoms with Crippen LogP contribution in [-0.2, 0) is 0 Å². The Morgan fingerprint density at radius 3 is 2.46 bits per heavy atom. The highest BCUT2D eigenvalue weighted by Gasteiger charge is 2.41. The first-order valence-electron chi connectivity index (χ1n) is 9.25. The van der Waals surface area contributed by atoms with Gasteiger partial charge in [-0.1, -0.05) is 42.5 Å². The first-order chi connectivity index (χ1) is 13.7. The molecule has 0 unspecified atom stereocenters. The number of nitrogens with zero attached hydrogens (tertiary/aromatic N) is 2. The molecule has 0 aromatic heterocycles. The Balaban J connectivity index is 1.61. The van der Waals surface area contributed by atoms with E-state index in [1.807, 2.05) is 47.5 Å². The van der Waals surface area contributed by atoms with E-state index in [0.717, 1.165) is 40.3 Å². The van der Waals surface area contributed by atoms with Gasteiger partial charge >= 0.3 is 0 Å². The molecule has 2 aliphatic rings. The smallest absolute Gasteiger partial charge is 0.217 e. The summed E-state index contributed by atoms with van der Waals surface area (Å²) in [4.78, 5) is 0. The highest BCUT2D eigenvalue weighted by molar-refractivity contribution is 6.01. The number of rotatable bonds is 3. The summed E-state index contributed by atoms with van der Waals surface area (Å²) in [5.41, 5.74) is 3.88. The standard InChI is InChI=1S/C23H19FN2O2/c1-27-21-8-4-3-7-18(21)23-26-20(17-6-2-5-9-22(17)28-23)14-19(25-26)15-10-12-16(24)13-11-15/h2-13,20,23H,14H2,1H3/t20-,23+/m0/s1. The summed E-state index contributed by atoms with van der Waals surface area (Å²) >= 11 is 0. The minimum absolute atomic E-state index is 0.0555. The molecule has 0 saturated heterocycles. The minimum Gasteiger partial charge on any atom is -0.496 e. The summed E-state index contributed by atoms with van der Waals surface area (Å²) in [5, 5.41) is 6.89. The third kappa shape index (κ3) is 2.71. The monoisotopic (exact) mass is 374 g/mol. The summed E-state index contributed by atoms with van der Waals surface area (Å²) in [7, 11) is 1.66. The number of ether oxygens (including phenoxy) is 2. The van der Waals surface area contributed by atoms with E-state index in [-0.39, 0.29) is 11.9 Å². The SMILES string of the molecule is COc1ccccc1[C@H]1Oc2ccccc2[C@@H]2CC(c3ccc(F)cc3)=NN12. The Kier molecular flexibility index (Phi) is 4.01. The van der Waals surface area contributed by atoms with Gasteiger partial charge in [-0.05, 0) is 35.9 Å². The number of para-hydroxylation sites is 2. The van der Waals surface area contributed by atoms with Gasteiger partial charge in [-0.3, -0.25) is 0 Å². The fourth-order valence-corrected chi connectivity index (χ4v) is 3.93. The van der Waals surface area contributed by atoms with Gasteiger partial charge in [0.2, 0.25) is 6.23 Å². The molecule has 28 heavy (non-hydrogen) atoms. The number of fused-ring (bicyclic) bond motifs is 3. The maximum atomic E-state index is 13.3. The Bertz CT molecular complexity index is 1050. The van der Waals surface area contributed by atoms with Crippen LogP contribution in [0.1, 0.15) is 35.4 Å². The lowest BCUT2D eigenvalue weighted by atomic mass is 9.96. The first-order valence-corrected chi connectivity index (χ1v) is 9.25. The van der Waals surface area contributed by atoms with Crippen molar-refractivity contribution in [1.82, 2.24) is 5.01 Å². The Morgan fingerprint density at radius 1 is 0.964 bits per heavy atom. The minimum atomic E-state index is -0.394. The molecular weight excluding hydrogens is 355 g/mol. The fourth-order valence-electron chi connectivity index (χ4n) is 3.93. The molecule has 0 saturated carbocycles. The second-order valence-electron chi connectivity index (χ2n) is 6.90. The molecule has 0 spiro atoms. The lowest BCUT2D eigenvalue weighted by Gasteiger charge is -2.38. The van der Waals surface area contributed by atoms with E-state index in [0.29, 0.717) is 0 Å². The van der Waals surface area contributed by atoms with Gasteiger partial charge in [-0.2, -0.15) is 5.10 Å². The molecule has 140 valence electrons. The second kappa shape index (κ2) is 6.68. The van der Waals surface area contributed by atoms with Crippen molar-refractivity contribution in [2.24, 2.45) is 5.10 Å². The van der Waals surface area contributed by atoms with E-state index in [1.54, 1.807) is 19.2 Å². The van der Waals surface area contributed by atoms with Gasteiger partial charge in [0, 0.05) is 12.0 Å². The summed E-state index contributed by atoms with van der Waals surface area (Å²) in [6, 6.07) is 22.4. The topological polar surface area (TPSA) is 34.1 Å². The summed E-state index contributed by atoms with van der Waals surface area (Å²) in [6.45, 7) is 0. The van der Waals surface area contributed by atoms with Crippen molar-refractivity contribution in [3.8, 4) is 11.5 Å². The van der Waals surface area contributed by atoms with Gasteiger partial charge in [-0.15, -0.1) is 0 Å². The van der Waals surface area contributed by atoms with E-state index in [9.17, 15) is 4.39 Å². The van der Waals surface area contributed by atoms with Crippen LogP contribution in [0.5, 0.6) is 11.5 Å². The summed E-state index contributed by atoms with van der Waals surface area (Å²) in [6.07, 6.45) is 0.339. The predicted molar refractivity (Wildman–Crippen MR) is 105 cm³/mol. The van der Waals surface area contributed by atoms with Gasteiger partial charge in [-0.25, -0.2) is 9.40 Å². The Labute approximate surface area is 162 Å². The zero-order chi connectivity index (χ0) is 19.1. The van der Waals surface area contributed by atoms with Crippen molar-refractivity contribution in [3.63, 3.8) is 0 Å². The number of hydrogen-bond acceptors (Lipinski definition) is 4. The predicted octanol–water partition coefficient (Wildman–Crippen LogP) is 5.08. The highest BCUT2D eigenvalue weighted by atomic mass is 19.1. The van der Waals surface area contributed by atoms with Gasteiger partial charge in [0.25, 0.3) is 0 Å². The molecule has 4 nitrogen and oxygen atoms in total. The molecule has 0 aliphatic carbocycles. The average molecular weight is 374 g/mol. The largest absolute Gasteiger partial charge is 0.496 e. The summed E-state index contributed by atoms with van der Waals surface area (Å²) < 4.78 is 25.3. The molecular formula is C23H19FN2O2. The quantitative estimate of drug-likeness (QED) is 0.641.